The summed E-state index contributed by atoms with van der Waals surface area (Å²) in [4.78, 5) is 0. The Morgan fingerprint density at radius 1 is 1.12 bits per heavy atom. The van der Waals surface area contributed by atoms with E-state index >= 15 is 0 Å². The Morgan fingerprint density at radius 3 is 2.28 bits per heavy atom. The molecule has 12 nitrogen and oxygen atoms in total. The van der Waals surface area contributed by atoms with Crippen molar-refractivity contribution < 1.29 is 65.3 Å². The zero-order chi connectivity index (χ0) is 22.9. The summed E-state index contributed by atoms with van der Waals surface area (Å²) < 4.78 is 23.1. The molecule has 182 valence electrons. The van der Waals surface area contributed by atoms with Gasteiger partial charge >= 0.3 is 29.6 Å². The molecule has 0 aromatic rings. The molecule has 0 aromatic heterocycles. The van der Waals surface area contributed by atoms with E-state index in [1.807, 2.05) is 0 Å². The van der Waals surface area contributed by atoms with E-state index in [0.717, 1.165) is 0 Å². The molecule has 2 fully saturated rings. The maximum Gasteiger partial charge on any atom is 1.00 e. The van der Waals surface area contributed by atoms with Crippen LogP contribution in [-0.4, -0.2) is 102 Å². The average molecular weight is 472 g/mol. The first-order chi connectivity index (χ1) is 14.6. The van der Waals surface area contributed by atoms with Crippen LogP contribution in [0.5, 0.6) is 0 Å². The maximum atomic E-state index is 11.0. The molecule has 3 aliphatic rings. The molecule has 0 radical (unpaired) electrons. The third-order valence-corrected chi connectivity index (χ3v) is 6.22. The fraction of sp³-hybridized carbons (Fsp3) is 0.895. The molecule has 3 rings (SSSR count). The number of nitrogens with one attached hydrogen (secondary N) is 1. The van der Waals surface area contributed by atoms with Crippen molar-refractivity contribution in [3.05, 3.63) is 11.8 Å². The van der Waals surface area contributed by atoms with Crippen LogP contribution in [0.15, 0.2) is 11.8 Å². The van der Waals surface area contributed by atoms with Crippen molar-refractivity contribution in [2.45, 2.75) is 86.5 Å². The SMILES string of the molecule is CN[C@@H]1[C@@H](O)[C@@H](O[C@@H]2[C@@H](O)[C@H](OC3OC(CN)=CCC3N)[C@@H](N)C[C@H]2N)OC[C@]1(C)O.[H-].[Na+]. The van der Waals surface area contributed by atoms with Gasteiger partial charge in [0, 0.05) is 12.1 Å². The minimum absolute atomic E-state index is 0. The molecule has 1 aliphatic carbocycles. The largest absolute Gasteiger partial charge is 1.00 e. The quantitative estimate of drug-likeness (QED) is 0.170. The second-order valence-corrected chi connectivity index (χ2v) is 8.81. The topological polar surface area (TPSA) is 214 Å². The molecule has 0 aromatic carbocycles. The molecular formula is C19H38N5NaO7. The Hall–Kier alpha value is 0.1000. The van der Waals surface area contributed by atoms with Gasteiger partial charge in [-0.3, -0.25) is 0 Å². The van der Waals surface area contributed by atoms with Crippen LogP contribution in [0, 0.1) is 0 Å². The van der Waals surface area contributed by atoms with E-state index < -0.39 is 66.8 Å². The average Bonchev–Trinajstić information content (AvgIpc) is 2.71. The predicted molar refractivity (Wildman–Crippen MR) is 111 cm³/mol. The van der Waals surface area contributed by atoms with E-state index in [2.05, 4.69) is 5.32 Å². The molecule has 12 N–H and O–H groups in total. The van der Waals surface area contributed by atoms with E-state index in [1.54, 1.807) is 20.0 Å². The van der Waals surface area contributed by atoms with Gasteiger partial charge in [0.15, 0.2) is 6.29 Å². The molecule has 1 saturated heterocycles. The fourth-order valence-corrected chi connectivity index (χ4v) is 4.44. The van der Waals surface area contributed by atoms with Gasteiger partial charge in [0.1, 0.15) is 35.8 Å². The third-order valence-electron chi connectivity index (χ3n) is 6.22. The summed E-state index contributed by atoms with van der Waals surface area (Å²) in [5.74, 6) is 0.555. The standard InChI is InChI=1S/C19H37N5O7.Na.H/c1-19(27)7-28-18(13(26)16(19)24-2)31-15-11(23)5-10(22)14(12(15)25)30-17-9(21)4-3-8(6-20)29-17;;/h3,9-18,24-27H,4-7,20-23H2,1-2H3;;/q;+1;-1/t9?,10-,11+,12-,13+,14+,15-,16+,17?,18+,19-;;/m0../s1. The van der Waals surface area contributed by atoms with Crippen LogP contribution in [0.25, 0.3) is 0 Å². The molecule has 2 aliphatic heterocycles. The first-order valence-electron chi connectivity index (χ1n) is 10.6. The third kappa shape index (κ3) is 6.01. The van der Waals surface area contributed by atoms with E-state index in [-0.39, 0.29) is 44.1 Å². The molecule has 1 saturated carbocycles. The van der Waals surface area contributed by atoms with Gasteiger partial charge in [-0.15, -0.1) is 0 Å². The smallest absolute Gasteiger partial charge is 1.00 e. The van der Waals surface area contributed by atoms with Gasteiger partial charge < -0.3 is 63.9 Å². The number of hydrogen-bond donors (Lipinski definition) is 8. The number of hydrogen-bond acceptors (Lipinski definition) is 12. The first kappa shape index (κ1) is 28.3. The predicted octanol–water partition coefficient (Wildman–Crippen LogP) is -6.74. The van der Waals surface area contributed by atoms with Crippen molar-refractivity contribution in [3.63, 3.8) is 0 Å². The van der Waals surface area contributed by atoms with Crippen molar-refractivity contribution in [1.82, 2.24) is 5.32 Å². The normalized spacial score (nSPS) is 47.2. The Balaban J connectivity index is 0.00000272. The fourth-order valence-electron chi connectivity index (χ4n) is 4.44. The van der Waals surface area contributed by atoms with Crippen LogP contribution in [0.2, 0.25) is 0 Å². The second kappa shape index (κ2) is 11.7. The number of aliphatic hydroxyl groups excluding tert-OH is 2. The number of likely N-dealkylation sites (N-methyl/N-ethyl adjacent to an activating group) is 1. The molecule has 2 heterocycles. The number of aliphatic hydroxyl groups is 3. The molecule has 0 amide bonds. The second-order valence-electron chi connectivity index (χ2n) is 8.81. The van der Waals surface area contributed by atoms with Crippen molar-refractivity contribution in [1.29, 1.82) is 0 Å². The number of ether oxygens (including phenoxy) is 4. The molecular weight excluding hydrogens is 433 g/mol. The van der Waals surface area contributed by atoms with E-state index in [0.29, 0.717) is 18.6 Å². The van der Waals surface area contributed by atoms with Gasteiger partial charge in [-0.1, -0.05) is 0 Å². The Kier molecular flexibility index (Phi) is 10.4. The van der Waals surface area contributed by atoms with Crippen LogP contribution in [0.4, 0.5) is 0 Å². The Bertz CT molecular complexity index is 652. The van der Waals surface area contributed by atoms with E-state index in [1.165, 1.54) is 0 Å². The van der Waals surface area contributed by atoms with E-state index in [9.17, 15) is 15.3 Å². The van der Waals surface area contributed by atoms with Gasteiger partial charge in [-0.25, -0.2) is 0 Å². The van der Waals surface area contributed by atoms with Crippen LogP contribution in [0.1, 0.15) is 21.2 Å². The molecule has 11 atom stereocenters. The number of nitrogens with two attached hydrogens (primary N) is 4. The monoisotopic (exact) mass is 471 g/mol. The molecule has 0 spiro atoms. The summed E-state index contributed by atoms with van der Waals surface area (Å²) in [5, 5.41) is 34.9. The summed E-state index contributed by atoms with van der Waals surface area (Å²) in [6.45, 7) is 1.68. The van der Waals surface area contributed by atoms with Crippen LogP contribution < -0.4 is 57.8 Å². The maximum absolute atomic E-state index is 11.0. The summed E-state index contributed by atoms with van der Waals surface area (Å²) in [7, 11) is 1.62. The van der Waals surface area contributed by atoms with Gasteiger partial charge in [0.2, 0.25) is 6.29 Å². The van der Waals surface area contributed by atoms with Crippen LogP contribution in [-0.2, 0) is 18.9 Å². The zero-order valence-corrected chi connectivity index (χ0v) is 21.0. The van der Waals surface area contributed by atoms with Crippen molar-refractivity contribution in [3.8, 4) is 0 Å². The van der Waals surface area contributed by atoms with Gasteiger partial charge in [-0.05, 0) is 32.9 Å². The summed E-state index contributed by atoms with van der Waals surface area (Å²) in [6.07, 6.45) is -3.56. The summed E-state index contributed by atoms with van der Waals surface area (Å²) >= 11 is 0. The Labute approximate surface area is 211 Å². The van der Waals surface area contributed by atoms with Gasteiger partial charge in [0.25, 0.3) is 0 Å². The summed E-state index contributed by atoms with van der Waals surface area (Å²) in [5.41, 5.74) is 22.9. The van der Waals surface area contributed by atoms with Gasteiger partial charge in [-0.2, -0.15) is 0 Å². The number of rotatable bonds is 6. The minimum Gasteiger partial charge on any atom is -1.00 e. The van der Waals surface area contributed by atoms with E-state index in [4.69, 9.17) is 41.9 Å². The Morgan fingerprint density at radius 2 is 1.72 bits per heavy atom. The van der Waals surface area contributed by atoms with Crippen LogP contribution >= 0.6 is 0 Å². The molecule has 32 heavy (non-hydrogen) atoms. The first-order valence-corrected chi connectivity index (χ1v) is 10.6. The minimum atomic E-state index is -1.29. The summed E-state index contributed by atoms with van der Waals surface area (Å²) in [6, 6.07) is -2.37. The van der Waals surface area contributed by atoms with Crippen molar-refractivity contribution in [2.24, 2.45) is 22.9 Å². The van der Waals surface area contributed by atoms with Crippen molar-refractivity contribution in [2.75, 3.05) is 20.2 Å². The molecule has 0 bridgehead atoms. The van der Waals surface area contributed by atoms with Crippen LogP contribution in [0.3, 0.4) is 0 Å². The molecule has 2 unspecified atom stereocenters. The van der Waals surface area contributed by atoms with Crippen molar-refractivity contribution >= 4 is 0 Å². The molecule has 13 heteroatoms. The van der Waals surface area contributed by atoms with Gasteiger partial charge in [0.05, 0.1) is 25.2 Å². The zero-order valence-electron chi connectivity index (χ0n) is 20.0.